The smallest absolute Gasteiger partial charge is 0.264 e. The van der Waals surface area contributed by atoms with Crippen molar-refractivity contribution >= 4 is 56.7 Å². The van der Waals surface area contributed by atoms with Crippen LogP contribution in [0.1, 0.15) is 4.88 Å². The predicted molar refractivity (Wildman–Crippen MR) is 99.1 cm³/mol. The first kappa shape index (κ1) is 14.2. The van der Waals surface area contributed by atoms with Gasteiger partial charge in [-0.2, -0.15) is 0 Å². The highest BCUT2D eigenvalue weighted by Gasteiger charge is 2.24. The molecule has 1 aromatic heterocycles. The molecule has 23 heavy (non-hydrogen) atoms. The lowest BCUT2D eigenvalue weighted by atomic mass is 10.1. The molecule has 2 heterocycles. The SMILES string of the molecule is O=C1NC(=Nc2cccc3ccccc23)S/C1=C/c1cccs1. The number of aliphatic imine (C=N–C) groups is 1. The maximum atomic E-state index is 12.1. The molecular formula is C18H12N2OS2. The molecule has 112 valence electrons. The van der Waals surface area contributed by atoms with Gasteiger partial charge in [-0.05, 0) is 40.7 Å². The van der Waals surface area contributed by atoms with E-state index in [1.165, 1.54) is 11.8 Å². The highest BCUT2D eigenvalue weighted by molar-refractivity contribution is 8.18. The van der Waals surface area contributed by atoms with Gasteiger partial charge in [-0.1, -0.05) is 42.5 Å². The van der Waals surface area contributed by atoms with E-state index in [2.05, 4.69) is 22.4 Å². The minimum Gasteiger partial charge on any atom is -0.300 e. The minimum atomic E-state index is -0.0950. The van der Waals surface area contributed by atoms with Crippen LogP contribution >= 0.6 is 23.1 Å². The summed E-state index contributed by atoms with van der Waals surface area (Å²) in [5.74, 6) is -0.0950. The number of benzene rings is 2. The number of nitrogens with zero attached hydrogens (tertiary/aromatic N) is 1. The fourth-order valence-electron chi connectivity index (χ4n) is 2.40. The zero-order chi connectivity index (χ0) is 15.6. The molecule has 5 heteroatoms. The van der Waals surface area contributed by atoms with Crippen LogP contribution in [0.25, 0.3) is 16.8 Å². The monoisotopic (exact) mass is 336 g/mol. The molecule has 0 radical (unpaired) electrons. The molecule has 2 aromatic carbocycles. The van der Waals surface area contributed by atoms with Crippen molar-refractivity contribution in [2.75, 3.05) is 0 Å². The van der Waals surface area contributed by atoms with Crippen molar-refractivity contribution in [3.05, 3.63) is 69.8 Å². The number of amides is 1. The van der Waals surface area contributed by atoms with Crippen molar-refractivity contribution in [1.82, 2.24) is 5.32 Å². The van der Waals surface area contributed by atoms with Gasteiger partial charge in [-0.25, -0.2) is 4.99 Å². The van der Waals surface area contributed by atoms with Crippen molar-refractivity contribution in [2.24, 2.45) is 4.99 Å². The Hall–Kier alpha value is -2.37. The summed E-state index contributed by atoms with van der Waals surface area (Å²) in [4.78, 5) is 18.5. The molecule has 3 nitrogen and oxygen atoms in total. The average Bonchev–Trinajstić information content (AvgIpc) is 3.19. The highest BCUT2D eigenvalue weighted by atomic mass is 32.2. The van der Waals surface area contributed by atoms with Gasteiger partial charge in [0.05, 0.1) is 10.6 Å². The van der Waals surface area contributed by atoms with E-state index >= 15 is 0 Å². The van der Waals surface area contributed by atoms with E-state index < -0.39 is 0 Å². The van der Waals surface area contributed by atoms with E-state index in [1.54, 1.807) is 11.3 Å². The maximum absolute atomic E-state index is 12.1. The quantitative estimate of drug-likeness (QED) is 0.683. The van der Waals surface area contributed by atoms with Crippen molar-refractivity contribution in [2.45, 2.75) is 0 Å². The molecule has 0 atom stereocenters. The second-order valence-electron chi connectivity index (χ2n) is 5.00. The summed E-state index contributed by atoms with van der Waals surface area (Å²) < 4.78 is 0. The van der Waals surface area contributed by atoms with Gasteiger partial charge in [0, 0.05) is 10.3 Å². The van der Waals surface area contributed by atoms with Crippen LogP contribution in [-0.2, 0) is 4.79 Å². The fourth-order valence-corrected chi connectivity index (χ4v) is 3.96. The lowest BCUT2D eigenvalue weighted by Gasteiger charge is -2.02. The standard InChI is InChI=1S/C18H12N2OS2/c21-17-16(11-13-7-4-10-22-13)23-18(20-17)19-15-9-3-6-12-5-1-2-8-14(12)15/h1-11H,(H,19,20,21)/b16-11+. The molecule has 0 saturated carbocycles. The van der Waals surface area contributed by atoms with E-state index in [1.807, 2.05) is 53.9 Å². The summed E-state index contributed by atoms with van der Waals surface area (Å²) in [6, 6.07) is 18.1. The van der Waals surface area contributed by atoms with Crippen molar-refractivity contribution in [3.63, 3.8) is 0 Å². The van der Waals surface area contributed by atoms with E-state index in [-0.39, 0.29) is 5.91 Å². The van der Waals surface area contributed by atoms with Crippen molar-refractivity contribution < 1.29 is 4.79 Å². The molecular weight excluding hydrogens is 324 g/mol. The molecule has 0 unspecified atom stereocenters. The Morgan fingerprint density at radius 2 is 1.87 bits per heavy atom. The van der Waals surface area contributed by atoms with Crippen LogP contribution in [0.4, 0.5) is 5.69 Å². The number of hydrogen-bond acceptors (Lipinski definition) is 4. The highest BCUT2D eigenvalue weighted by Crippen LogP contribution is 2.31. The lowest BCUT2D eigenvalue weighted by molar-refractivity contribution is -0.115. The van der Waals surface area contributed by atoms with Crippen LogP contribution in [0.15, 0.2) is 69.9 Å². The maximum Gasteiger partial charge on any atom is 0.264 e. The van der Waals surface area contributed by atoms with Gasteiger partial charge in [0.25, 0.3) is 5.91 Å². The number of nitrogens with one attached hydrogen (secondary N) is 1. The second kappa shape index (κ2) is 6.02. The van der Waals surface area contributed by atoms with Crippen molar-refractivity contribution in [1.29, 1.82) is 0 Å². The lowest BCUT2D eigenvalue weighted by Crippen LogP contribution is -2.19. The van der Waals surface area contributed by atoms with Gasteiger partial charge in [0.2, 0.25) is 0 Å². The molecule has 1 saturated heterocycles. The molecule has 0 bridgehead atoms. The molecule has 1 aliphatic heterocycles. The Balaban J connectivity index is 1.68. The first-order chi connectivity index (χ1) is 11.3. The molecule has 0 spiro atoms. The van der Waals surface area contributed by atoms with Crippen LogP contribution in [0.3, 0.4) is 0 Å². The number of amidine groups is 1. The van der Waals surface area contributed by atoms with Gasteiger partial charge in [0.1, 0.15) is 0 Å². The largest absolute Gasteiger partial charge is 0.300 e. The first-order valence-electron chi connectivity index (χ1n) is 7.10. The molecule has 4 rings (SSSR count). The number of fused-ring (bicyclic) bond motifs is 1. The minimum absolute atomic E-state index is 0.0950. The summed E-state index contributed by atoms with van der Waals surface area (Å²) >= 11 is 2.99. The molecule has 3 aromatic rings. The van der Waals surface area contributed by atoms with Gasteiger partial charge in [-0.3, -0.25) is 4.79 Å². The number of hydrogen-bond donors (Lipinski definition) is 1. The fraction of sp³-hybridized carbons (Fsp3) is 0. The predicted octanol–water partition coefficient (Wildman–Crippen LogP) is 4.79. The van der Waals surface area contributed by atoms with E-state index in [0.29, 0.717) is 10.1 Å². The number of thiophene rings is 1. The first-order valence-corrected chi connectivity index (χ1v) is 8.80. The summed E-state index contributed by atoms with van der Waals surface area (Å²) in [5, 5.41) is 7.67. The van der Waals surface area contributed by atoms with Gasteiger partial charge in [-0.15, -0.1) is 11.3 Å². The van der Waals surface area contributed by atoms with E-state index in [4.69, 9.17) is 0 Å². The summed E-state index contributed by atoms with van der Waals surface area (Å²) in [6.07, 6.45) is 1.90. The van der Waals surface area contributed by atoms with Crippen LogP contribution < -0.4 is 5.32 Å². The molecule has 1 aliphatic rings. The molecule has 1 fully saturated rings. The number of carbonyl (C=O) groups is 1. The Kier molecular flexibility index (Phi) is 3.73. The van der Waals surface area contributed by atoms with Crippen molar-refractivity contribution in [3.8, 4) is 0 Å². The molecule has 0 aliphatic carbocycles. The third-order valence-corrected chi connectivity index (χ3v) is 5.19. The topological polar surface area (TPSA) is 41.5 Å². The van der Waals surface area contributed by atoms with Crippen LogP contribution in [0.2, 0.25) is 0 Å². The Morgan fingerprint density at radius 3 is 2.74 bits per heavy atom. The van der Waals surface area contributed by atoms with Gasteiger partial charge < -0.3 is 5.32 Å². The number of carbonyl (C=O) groups excluding carboxylic acids is 1. The van der Waals surface area contributed by atoms with Crippen LogP contribution in [0, 0.1) is 0 Å². The van der Waals surface area contributed by atoms with Gasteiger partial charge in [0.15, 0.2) is 5.17 Å². The molecule has 1 N–H and O–H groups in total. The normalized spacial score (nSPS) is 18.0. The van der Waals surface area contributed by atoms with E-state index in [0.717, 1.165) is 21.3 Å². The zero-order valence-electron chi connectivity index (χ0n) is 12.0. The zero-order valence-corrected chi connectivity index (χ0v) is 13.7. The summed E-state index contributed by atoms with van der Waals surface area (Å²) in [6.45, 7) is 0. The number of thioether (sulfide) groups is 1. The average molecular weight is 336 g/mol. The second-order valence-corrected chi connectivity index (χ2v) is 7.01. The number of rotatable bonds is 2. The Morgan fingerprint density at radius 1 is 1.00 bits per heavy atom. The van der Waals surface area contributed by atoms with Crippen LogP contribution in [0.5, 0.6) is 0 Å². The van der Waals surface area contributed by atoms with Gasteiger partial charge >= 0.3 is 0 Å². The van der Waals surface area contributed by atoms with E-state index in [9.17, 15) is 4.79 Å². The third kappa shape index (κ3) is 2.93. The Bertz CT molecular complexity index is 937. The van der Waals surface area contributed by atoms with Crippen LogP contribution in [-0.4, -0.2) is 11.1 Å². The molecule has 1 amide bonds. The summed E-state index contributed by atoms with van der Waals surface area (Å²) in [5.41, 5.74) is 0.864. The Labute approximate surface area is 141 Å². The third-order valence-electron chi connectivity index (χ3n) is 3.46. The summed E-state index contributed by atoms with van der Waals surface area (Å²) in [7, 11) is 0.